The smallest absolute Gasteiger partial charge is 0.273 e. The van der Waals surface area contributed by atoms with Crippen LogP contribution in [-0.2, 0) is 13.0 Å². The molecule has 0 radical (unpaired) electrons. The molecular formula is C19H19N3O. The van der Waals surface area contributed by atoms with Crippen LogP contribution >= 0.6 is 0 Å². The second-order valence-electron chi connectivity index (χ2n) is 6.23. The molecule has 0 saturated carbocycles. The van der Waals surface area contributed by atoms with Crippen molar-refractivity contribution < 1.29 is 4.79 Å². The van der Waals surface area contributed by atoms with Gasteiger partial charge in [-0.2, -0.15) is 0 Å². The second-order valence-corrected chi connectivity index (χ2v) is 6.23. The maximum absolute atomic E-state index is 13.1. The van der Waals surface area contributed by atoms with E-state index in [1.807, 2.05) is 47.5 Å². The van der Waals surface area contributed by atoms with Crippen LogP contribution in [-0.4, -0.2) is 26.7 Å². The summed E-state index contributed by atoms with van der Waals surface area (Å²) >= 11 is 0. The maximum atomic E-state index is 13.1. The van der Waals surface area contributed by atoms with Gasteiger partial charge in [-0.15, -0.1) is 0 Å². The minimum Gasteiger partial charge on any atom is -0.333 e. The number of rotatable bonds is 1. The summed E-state index contributed by atoms with van der Waals surface area (Å²) in [5.74, 6) is 0.0649. The average Bonchev–Trinajstić information content (AvgIpc) is 2.89. The third-order valence-electron chi connectivity index (χ3n) is 4.56. The minimum absolute atomic E-state index is 0.0649. The number of benzene rings is 1. The summed E-state index contributed by atoms with van der Waals surface area (Å²) in [4.78, 5) is 19.5. The molecule has 0 N–H and O–H groups in total. The highest BCUT2D eigenvalue weighted by Crippen LogP contribution is 2.22. The summed E-state index contributed by atoms with van der Waals surface area (Å²) < 4.78 is 1.92. The number of hydrogen-bond donors (Lipinski definition) is 0. The molecule has 0 spiro atoms. The molecule has 1 aliphatic heterocycles. The largest absolute Gasteiger partial charge is 0.333 e. The van der Waals surface area contributed by atoms with Crippen LogP contribution in [0.2, 0.25) is 0 Å². The summed E-state index contributed by atoms with van der Waals surface area (Å²) in [7, 11) is 0. The molecule has 23 heavy (non-hydrogen) atoms. The summed E-state index contributed by atoms with van der Waals surface area (Å²) in [6, 6.07) is 12.3. The SMILES string of the molecule is Cc1ccc2nc(C)c(C(=O)N3CCc4ccccc4C3)n2c1. The van der Waals surface area contributed by atoms with Gasteiger partial charge in [0.15, 0.2) is 0 Å². The van der Waals surface area contributed by atoms with Crippen LogP contribution < -0.4 is 0 Å². The number of aromatic nitrogens is 2. The summed E-state index contributed by atoms with van der Waals surface area (Å²) in [6.07, 6.45) is 2.90. The van der Waals surface area contributed by atoms with Crippen molar-refractivity contribution in [3.63, 3.8) is 0 Å². The van der Waals surface area contributed by atoms with E-state index in [-0.39, 0.29) is 5.91 Å². The standard InChI is InChI=1S/C19H19N3O/c1-13-7-8-17-20-14(2)18(22(17)11-13)19(23)21-10-9-15-5-3-4-6-16(15)12-21/h3-8,11H,9-10,12H2,1-2H3. The highest BCUT2D eigenvalue weighted by atomic mass is 16.2. The number of hydrogen-bond acceptors (Lipinski definition) is 2. The van der Waals surface area contributed by atoms with Crippen LogP contribution in [0.3, 0.4) is 0 Å². The lowest BCUT2D eigenvalue weighted by Gasteiger charge is -2.28. The molecule has 0 fully saturated rings. The quantitative estimate of drug-likeness (QED) is 0.692. The van der Waals surface area contributed by atoms with Gasteiger partial charge >= 0.3 is 0 Å². The number of carbonyl (C=O) groups excluding carboxylic acids is 1. The lowest BCUT2D eigenvalue weighted by Crippen LogP contribution is -2.36. The zero-order chi connectivity index (χ0) is 16.0. The van der Waals surface area contributed by atoms with Crippen molar-refractivity contribution >= 4 is 11.6 Å². The Morgan fingerprint density at radius 3 is 2.70 bits per heavy atom. The van der Waals surface area contributed by atoms with Gasteiger partial charge in [-0.05, 0) is 43.0 Å². The Bertz CT molecular complexity index is 910. The van der Waals surface area contributed by atoms with Gasteiger partial charge in [0.05, 0.1) is 5.69 Å². The molecule has 0 atom stereocenters. The van der Waals surface area contributed by atoms with E-state index in [1.165, 1.54) is 11.1 Å². The fourth-order valence-electron chi connectivity index (χ4n) is 3.35. The van der Waals surface area contributed by atoms with E-state index in [0.717, 1.165) is 29.9 Å². The van der Waals surface area contributed by atoms with E-state index >= 15 is 0 Å². The Morgan fingerprint density at radius 1 is 1.09 bits per heavy atom. The van der Waals surface area contributed by atoms with Crippen LogP contribution in [0.1, 0.15) is 32.9 Å². The zero-order valence-electron chi connectivity index (χ0n) is 13.4. The lowest BCUT2D eigenvalue weighted by molar-refractivity contribution is 0.0727. The fourth-order valence-corrected chi connectivity index (χ4v) is 3.35. The molecule has 0 aliphatic carbocycles. The molecule has 2 aromatic heterocycles. The normalized spacial score (nSPS) is 14.1. The molecule has 4 nitrogen and oxygen atoms in total. The van der Waals surface area contributed by atoms with E-state index in [2.05, 4.69) is 23.2 Å². The van der Waals surface area contributed by atoms with E-state index in [0.29, 0.717) is 12.2 Å². The number of fused-ring (bicyclic) bond motifs is 2. The van der Waals surface area contributed by atoms with Gasteiger partial charge in [0.1, 0.15) is 11.3 Å². The van der Waals surface area contributed by atoms with Crippen molar-refractivity contribution in [3.8, 4) is 0 Å². The van der Waals surface area contributed by atoms with Crippen molar-refractivity contribution in [3.05, 3.63) is 70.7 Å². The predicted octanol–water partition coefficient (Wildman–Crippen LogP) is 3.15. The molecule has 0 unspecified atom stereocenters. The molecule has 3 aromatic rings. The Kier molecular flexibility index (Phi) is 3.18. The third kappa shape index (κ3) is 2.31. The van der Waals surface area contributed by atoms with Gasteiger partial charge in [-0.25, -0.2) is 4.98 Å². The fraction of sp³-hybridized carbons (Fsp3) is 0.263. The molecule has 4 rings (SSSR count). The number of imidazole rings is 1. The van der Waals surface area contributed by atoms with Crippen LogP contribution in [0.15, 0.2) is 42.6 Å². The Balaban J connectivity index is 1.73. The molecule has 4 heteroatoms. The number of nitrogens with zero attached hydrogens (tertiary/aromatic N) is 3. The molecule has 116 valence electrons. The highest BCUT2D eigenvalue weighted by Gasteiger charge is 2.25. The molecule has 1 amide bonds. The maximum Gasteiger partial charge on any atom is 0.273 e. The van der Waals surface area contributed by atoms with Gasteiger partial charge in [0.2, 0.25) is 0 Å². The first kappa shape index (κ1) is 14.0. The van der Waals surface area contributed by atoms with Crippen LogP contribution in [0.4, 0.5) is 0 Å². The molecule has 3 heterocycles. The third-order valence-corrected chi connectivity index (χ3v) is 4.56. The van der Waals surface area contributed by atoms with E-state index in [4.69, 9.17) is 0 Å². The monoisotopic (exact) mass is 305 g/mol. The molecular weight excluding hydrogens is 286 g/mol. The highest BCUT2D eigenvalue weighted by molar-refractivity contribution is 5.94. The van der Waals surface area contributed by atoms with Crippen molar-refractivity contribution in [2.24, 2.45) is 0 Å². The Hall–Kier alpha value is -2.62. The van der Waals surface area contributed by atoms with Gasteiger partial charge in [0.25, 0.3) is 5.91 Å². The van der Waals surface area contributed by atoms with E-state index in [9.17, 15) is 4.79 Å². The molecule has 1 aromatic carbocycles. The van der Waals surface area contributed by atoms with Crippen LogP contribution in [0, 0.1) is 13.8 Å². The van der Waals surface area contributed by atoms with Crippen LogP contribution in [0.25, 0.3) is 5.65 Å². The lowest BCUT2D eigenvalue weighted by atomic mass is 9.99. The number of aryl methyl sites for hydroxylation is 2. The first-order valence-corrected chi connectivity index (χ1v) is 7.95. The van der Waals surface area contributed by atoms with Crippen molar-refractivity contribution in [1.29, 1.82) is 0 Å². The number of pyridine rings is 1. The predicted molar refractivity (Wildman–Crippen MR) is 89.6 cm³/mol. The topological polar surface area (TPSA) is 37.6 Å². The minimum atomic E-state index is 0.0649. The Labute approximate surface area is 135 Å². The Morgan fingerprint density at radius 2 is 1.87 bits per heavy atom. The van der Waals surface area contributed by atoms with Gasteiger partial charge < -0.3 is 4.90 Å². The van der Waals surface area contributed by atoms with Gasteiger partial charge in [-0.3, -0.25) is 9.20 Å². The molecule has 0 saturated heterocycles. The zero-order valence-corrected chi connectivity index (χ0v) is 13.4. The van der Waals surface area contributed by atoms with Gasteiger partial charge in [0, 0.05) is 19.3 Å². The first-order chi connectivity index (χ1) is 11.1. The average molecular weight is 305 g/mol. The summed E-state index contributed by atoms with van der Waals surface area (Å²) in [5, 5.41) is 0. The summed E-state index contributed by atoms with van der Waals surface area (Å²) in [5.41, 5.74) is 6.02. The number of amides is 1. The van der Waals surface area contributed by atoms with Crippen molar-refractivity contribution in [1.82, 2.24) is 14.3 Å². The van der Waals surface area contributed by atoms with Gasteiger partial charge in [-0.1, -0.05) is 30.3 Å². The second kappa shape index (κ2) is 5.23. The summed E-state index contributed by atoms with van der Waals surface area (Å²) in [6.45, 7) is 5.37. The molecule has 1 aliphatic rings. The van der Waals surface area contributed by atoms with E-state index < -0.39 is 0 Å². The molecule has 0 bridgehead atoms. The van der Waals surface area contributed by atoms with Crippen LogP contribution in [0.5, 0.6) is 0 Å². The first-order valence-electron chi connectivity index (χ1n) is 7.95. The number of carbonyl (C=O) groups is 1. The van der Waals surface area contributed by atoms with E-state index in [1.54, 1.807) is 0 Å². The van der Waals surface area contributed by atoms with Crippen molar-refractivity contribution in [2.45, 2.75) is 26.8 Å². The van der Waals surface area contributed by atoms with Crippen molar-refractivity contribution in [2.75, 3.05) is 6.54 Å².